The Bertz CT molecular complexity index is 331. The average Bonchev–Trinajstić information content (AvgIpc) is 2.73. The molecule has 1 saturated carbocycles. The zero-order chi connectivity index (χ0) is 10.4. The van der Waals surface area contributed by atoms with Gasteiger partial charge in [0.05, 0.1) is 5.69 Å². The first-order valence-electron chi connectivity index (χ1n) is 5.14. The molecule has 78 valence electrons. The molecule has 0 spiro atoms. The van der Waals surface area contributed by atoms with E-state index in [1.54, 1.807) is 11.3 Å². The predicted molar refractivity (Wildman–Crippen MR) is 60.8 cm³/mol. The summed E-state index contributed by atoms with van der Waals surface area (Å²) >= 11 is 1.78. The molecule has 1 aliphatic carbocycles. The van der Waals surface area contributed by atoms with Crippen molar-refractivity contribution >= 4 is 11.3 Å². The quantitative estimate of drug-likeness (QED) is 0.814. The Kier molecular flexibility index (Phi) is 2.20. The molecule has 2 rings (SSSR count). The maximum atomic E-state index is 5.79. The molecule has 0 saturated heterocycles. The highest BCUT2D eigenvalue weighted by Gasteiger charge is 2.45. The number of rotatable bonds is 2. The molecule has 14 heavy (non-hydrogen) atoms. The highest BCUT2D eigenvalue weighted by Crippen LogP contribution is 2.48. The van der Waals surface area contributed by atoms with Gasteiger partial charge in [-0.3, -0.25) is 0 Å². The molecule has 1 heterocycles. The Hall–Kier alpha value is -0.410. The predicted octanol–water partition coefficient (Wildman–Crippen LogP) is 2.43. The topological polar surface area (TPSA) is 38.9 Å². The van der Waals surface area contributed by atoms with Crippen LogP contribution in [0, 0.1) is 0 Å². The summed E-state index contributed by atoms with van der Waals surface area (Å²) in [6, 6.07) is 0. The molecular formula is C11H18N2S. The van der Waals surface area contributed by atoms with Crippen LogP contribution in [0.25, 0.3) is 0 Å². The molecule has 0 aromatic carbocycles. The fourth-order valence-electron chi connectivity index (χ4n) is 1.52. The van der Waals surface area contributed by atoms with Gasteiger partial charge in [-0.05, 0) is 12.8 Å². The summed E-state index contributed by atoms with van der Waals surface area (Å²) in [5, 5.41) is 3.44. The zero-order valence-electron chi connectivity index (χ0n) is 9.13. The summed E-state index contributed by atoms with van der Waals surface area (Å²) in [4.78, 5) is 4.73. The molecule has 0 atom stereocenters. The van der Waals surface area contributed by atoms with Gasteiger partial charge in [0.1, 0.15) is 5.01 Å². The molecule has 0 amide bonds. The second-order valence-corrected chi connectivity index (χ2v) is 6.13. The summed E-state index contributed by atoms with van der Waals surface area (Å²) in [5.74, 6) is 0. The van der Waals surface area contributed by atoms with Crippen LogP contribution in [0.3, 0.4) is 0 Å². The maximum Gasteiger partial charge on any atom is 0.100 e. The van der Waals surface area contributed by atoms with Gasteiger partial charge in [0.25, 0.3) is 0 Å². The van der Waals surface area contributed by atoms with E-state index in [1.165, 1.54) is 23.5 Å². The van der Waals surface area contributed by atoms with Gasteiger partial charge in [-0.1, -0.05) is 20.8 Å². The van der Waals surface area contributed by atoms with Gasteiger partial charge >= 0.3 is 0 Å². The van der Waals surface area contributed by atoms with Crippen molar-refractivity contribution in [1.82, 2.24) is 4.98 Å². The Labute approximate surface area is 89.5 Å². The first kappa shape index (κ1) is 10.1. The van der Waals surface area contributed by atoms with Crippen molar-refractivity contribution in [3.05, 3.63) is 16.1 Å². The SMILES string of the molecule is CC(C)(C)c1csc(C2(CN)CC2)n1. The van der Waals surface area contributed by atoms with Crippen molar-refractivity contribution in [2.24, 2.45) is 5.73 Å². The number of aromatic nitrogens is 1. The molecule has 0 bridgehead atoms. The lowest BCUT2D eigenvalue weighted by Crippen LogP contribution is -2.20. The molecule has 2 nitrogen and oxygen atoms in total. The summed E-state index contributed by atoms with van der Waals surface area (Å²) in [5.41, 5.74) is 7.42. The van der Waals surface area contributed by atoms with Crippen LogP contribution >= 0.6 is 11.3 Å². The highest BCUT2D eigenvalue weighted by molar-refractivity contribution is 7.09. The summed E-state index contributed by atoms with van der Waals surface area (Å²) < 4.78 is 0. The van der Waals surface area contributed by atoms with Crippen molar-refractivity contribution in [2.75, 3.05) is 6.54 Å². The third-order valence-electron chi connectivity index (χ3n) is 2.97. The van der Waals surface area contributed by atoms with E-state index in [0.29, 0.717) is 0 Å². The number of hydrogen-bond donors (Lipinski definition) is 1. The zero-order valence-corrected chi connectivity index (χ0v) is 9.95. The molecule has 3 heteroatoms. The molecular weight excluding hydrogens is 192 g/mol. The monoisotopic (exact) mass is 210 g/mol. The second-order valence-electron chi connectivity index (χ2n) is 5.27. The first-order valence-corrected chi connectivity index (χ1v) is 6.02. The van der Waals surface area contributed by atoms with E-state index in [1.807, 2.05) is 0 Å². The third-order valence-corrected chi connectivity index (χ3v) is 4.06. The van der Waals surface area contributed by atoms with Gasteiger partial charge in [-0.25, -0.2) is 4.98 Å². The molecule has 2 N–H and O–H groups in total. The molecule has 1 aromatic rings. The van der Waals surface area contributed by atoms with E-state index in [2.05, 4.69) is 26.2 Å². The minimum Gasteiger partial charge on any atom is -0.329 e. The lowest BCUT2D eigenvalue weighted by Gasteiger charge is -2.15. The Balaban J connectivity index is 2.27. The van der Waals surface area contributed by atoms with Gasteiger partial charge in [0.15, 0.2) is 0 Å². The standard InChI is InChI=1S/C11H18N2S/c1-10(2,3)8-6-14-9(13-8)11(7-12)4-5-11/h6H,4-5,7,12H2,1-3H3. The lowest BCUT2D eigenvalue weighted by molar-refractivity contribution is 0.565. The molecule has 1 fully saturated rings. The summed E-state index contributed by atoms with van der Waals surface area (Å²) in [7, 11) is 0. The van der Waals surface area contributed by atoms with Crippen LogP contribution in [0.15, 0.2) is 5.38 Å². The van der Waals surface area contributed by atoms with E-state index in [0.717, 1.165) is 6.54 Å². The minimum atomic E-state index is 0.166. The number of nitrogens with zero attached hydrogens (tertiary/aromatic N) is 1. The molecule has 0 unspecified atom stereocenters. The van der Waals surface area contributed by atoms with Crippen molar-refractivity contribution in [2.45, 2.75) is 44.4 Å². The fourth-order valence-corrected chi connectivity index (χ4v) is 2.84. The van der Waals surface area contributed by atoms with E-state index < -0.39 is 0 Å². The average molecular weight is 210 g/mol. The van der Waals surface area contributed by atoms with Gasteiger partial charge in [0.2, 0.25) is 0 Å². The maximum absolute atomic E-state index is 5.79. The summed E-state index contributed by atoms with van der Waals surface area (Å²) in [6.07, 6.45) is 2.45. The van der Waals surface area contributed by atoms with Gasteiger partial charge in [0, 0.05) is 22.8 Å². The number of nitrogens with two attached hydrogens (primary N) is 1. The normalized spacial score (nSPS) is 19.7. The van der Waals surface area contributed by atoms with E-state index in [4.69, 9.17) is 10.7 Å². The van der Waals surface area contributed by atoms with E-state index in [9.17, 15) is 0 Å². The van der Waals surface area contributed by atoms with Crippen molar-refractivity contribution < 1.29 is 0 Å². The van der Waals surface area contributed by atoms with Crippen molar-refractivity contribution in [3.63, 3.8) is 0 Å². The summed E-state index contributed by atoms with van der Waals surface area (Å²) in [6.45, 7) is 7.36. The first-order chi connectivity index (χ1) is 6.48. The second kappa shape index (κ2) is 3.04. The van der Waals surface area contributed by atoms with Crippen molar-refractivity contribution in [3.8, 4) is 0 Å². The Morgan fingerprint density at radius 1 is 1.50 bits per heavy atom. The largest absolute Gasteiger partial charge is 0.329 e. The molecule has 1 aromatic heterocycles. The smallest absolute Gasteiger partial charge is 0.100 e. The number of thiazole rings is 1. The van der Waals surface area contributed by atoms with Crippen LogP contribution in [0.2, 0.25) is 0 Å². The van der Waals surface area contributed by atoms with Crippen LogP contribution < -0.4 is 5.73 Å². The van der Waals surface area contributed by atoms with E-state index >= 15 is 0 Å². The Morgan fingerprint density at radius 3 is 2.50 bits per heavy atom. The number of hydrogen-bond acceptors (Lipinski definition) is 3. The Morgan fingerprint density at radius 2 is 2.14 bits per heavy atom. The molecule has 0 radical (unpaired) electrons. The van der Waals surface area contributed by atoms with Gasteiger partial charge in [-0.2, -0.15) is 0 Å². The van der Waals surface area contributed by atoms with Crippen LogP contribution in [-0.4, -0.2) is 11.5 Å². The lowest BCUT2D eigenvalue weighted by atomic mass is 9.93. The van der Waals surface area contributed by atoms with Crippen LogP contribution in [0.1, 0.15) is 44.3 Å². The van der Waals surface area contributed by atoms with E-state index in [-0.39, 0.29) is 10.8 Å². The molecule has 0 aliphatic heterocycles. The van der Waals surface area contributed by atoms with Gasteiger partial charge in [-0.15, -0.1) is 11.3 Å². The van der Waals surface area contributed by atoms with Crippen molar-refractivity contribution in [1.29, 1.82) is 0 Å². The molecule has 1 aliphatic rings. The highest BCUT2D eigenvalue weighted by atomic mass is 32.1. The van der Waals surface area contributed by atoms with Crippen LogP contribution in [0.4, 0.5) is 0 Å². The van der Waals surface area contributed by atoms with Crippen LogP contribution in [0.5, 0.6) is 0 Å². The fraction of sp³-hybridized carbons (Fsp3) is 0.727. The minimum absolute atomic E-state index is 0.166. The third kappa shape index (κ3) is 1.59. The van der Waals surface area contributed by atoms with Gasteiger partial charge < -0.3 is 5.73 Å². The van der Waals surface area contributed by atoms with Crippen LogP contribution in [-0.2, 0) is 10.8 Å².